The van der Waals surface area contributed by atoms with Crippen LogP contribution in [0.1, 0.15) is 19.8 Å². The zero-order chi connectivity index (χ0) is 6.41. The maximum atomic E-state index is 8.91. The first-order valence-electron chi connectivity index (χ1n) is 3.02. The van der Waals surface area contributed by atoms with Crippen LogP contribution in [0, 0.1) is 6.42 Å². The molecule has 0 aromatic carbocycles. The summed E-state index contributed by atoms with van der Waals surface area (Å²) in [6, 6.07) is 0. The zero-order valence-electron chi connectivity index (χ0n) is 5.30. The number of rotatable bonds is 4. The predicted molar refractivity (Wildman–Crippen MR) is 34.3 cm³/mol. The first-order valence-corrected chi connectivity index (χ1v) is 3.02. The zero-order valence-corrected chi connectivity index (χ0v) is 5.30. The van der Waals surface area contributed by atoms with Gasteiger partial charge < -0.3 is 10.8 Å². The molecule has 0 aromatic heterocycles. The third-order valence-electron chi connectivity index (χ3n) is 0.993. The molecular formula is C6H14NO. The van der Waals surface area contributed by atoms with Crippen LogP contribution in [0.4, 0.5) is 0 Å². The second-order valence-electron chi connectivity index (χ2n) is 1.83. The maximum Gasteiger partial charge on any atom is 0.0584 e. The number of aliphatic hydroxyl groups excluding tert-OH is 1. The van der Waals surface area contributed by atoms with E-state index in [1.54, 1.807) is 6.42 Å². The lowest BCUT2D eigenvalue weighted by Gasteiger charge is -2.04. The smallest absolute Gasteiger partial charge is 0.0584 e. The molecule has 0 aliphatic carbocycles. The lowest BCUT2D eigenvalue weighted by Crippen LogP contribution is -2.13. The van der Waals surface area contributed by atoms with E-state index in [0.717, 1.165) is 12.8 Å². The highest BCUT2D eigenvalue weighted by Crippen LogP contribution is 1.97. The number of hydrogen-bond donors (Lipinski definition) is 2. The molecule has 0 aliphatic rings. The summed E-state index contributed by atoms with van der Waals surface area (Å²) in [5, 5.41) is 8.91. The molecule has 0 amide bonds. The number of hydrogen-bond acceptors (Lipinski definition) is 2. The van der Waals surface area contributed by atoms with Crippen LogP contribution < -0.4 is 5.73 Å². The molecule has 1 atom stereocenters. The van der Waals surface area contributed by atoms with Gasteiger partial charge in [0.2, 0.25) is 0 Å². The van der Waals surface area contributed by atoms with Gasteiger partial charge in [-0.1, -0.05) is 13.3 Å². The minimum Gasteiger partial charge on any atom is -0.393 e. The van der Waals surface area contributed by atoms with Crippen LogP contribution in [-0.2, 0) is 0 Å². The van der Waals surface area contributed by atoms with Crippen molar-refractivity contribution in [2.75, 3.05) is 6.54 Å². The van der Waals surface area contributed by atoms with Crippen LogP contribution in [0.5, 0.6) is 0 Å². The standard InChI is InChI=1S/C6H14NO/c1-2-3-6(8)4-5-7/h4,6,8H,2-3,5,7H2,1H3. The van der Waals surface area contributed by atoms with Crippen molar-refractivity contribution in [3.63, 3.8) is 0 Å². The topological polar surface area (TPSA) is 46.2 Å². The molecule has 0 bridgehead atoms. The van der Waals surface area contributed by atoms with E-state index < -0.39 is 0 Å². The normalized spacial score (nSPS) is 13.9. The third-order valence-corrected chi connectivity index (χ3v) is 0.993. The molecule has 0 saturated carbocycles. The van der Waals surface area contributed by atoms with Gasteiger partial charge in [-0.05, 0) is 13.0 Å². The van der Waals surface area contributed by atoms with E-state index in [9.17, 15) is 0 Å². The summed E-state index contributed by atoms with van der Waals surface area (Å²) < 4.78 is 0. The minimum atomic E-state index is -0.287. The Kier molecular flexibility index (Phi) is 5.01. The summed E-state index contributed by atoms with van der Waals surface area (Å²) in [6.07, 6.45) is 3.27. The highest BCUT2D eigenvalue weighted by Gasteiger charge is 1.98. The van der Waals surface area contributed by atoms with Gasteiger partial charge in [0, 0.05) is 6.42 Å². The van der Waals surface area contributed by atoms with Crippen LogP contribution in [0.3, 0.4) is 0 Å². The van der Waals surface area contributed by atoms with E-state index >= 15 is 0 Å². The Morgan fingerprint density at radius 3 is 2.75 bits per heavy atom. The van der Waals surface area contributed by atoms with Crippen molar-refractivity contribution in [2.24, 2.45) is 5.73 Å². The largest absolute Gasteiger partial charge is 0.393 e. The van der Waals surface area contributed by atoms with Crippen molar-refractivity contribution in [3.05, 3.63) is 6.42 Å². The monoisotopic (exact) mass is 116 g/mol. The van der Waals surface area contributed by atoms with Gasteiger partial charge in [0.1, 0.15) is 0 Å². The summed E-state index contributed by atoms with van der Waals surface area (Å²) >= 11 is 0. The molecule has 1 radical (unpaired) electrons. The molecule has 2 nitrogen and oxygen atoms in total. The molecular weight excluding hydrogens is 102 g/mol. The van der Waals surface area contributed by atoms with E-state index in [1.165, 1.54) is 0 Å². The first-order chi connectivity index (χ1) is 3.81. The maximum absolute atomic E-state index is 8.91. The molecule has 0 aromatic rings. The van der Waals surface area contributed by atoms with Crippen molar-refractivity contribution in [3.8, 4) is 0 Å². The molecule has 0 rings (SSSR count). The molecule has 8 heavy (non-hydrogen) atoms. The van der Waals surface area contributed by atoms with E-state index in [2.05, 4.69) is 0 Å². The SMILES string of the molecule is CCCC(O)[CH]CN. The average Bonchev–Trinajstić information content (AvgIpc) is 1.68. The Morgan fingerprint density at radius 1 is 1.75 bits per heavy atom. The van der Waals surface area contributed by atoms with Crippen molar-refractivity contribution in [1.82, 2.24) is 0 Å². The third kappa shape index (κ3) is 4.09. The summed E-state index contributed by atoms with van der Waals surface area (Å²) in [5.74, 6) is 0. The van der Waals surface area contributed by atoms with Crippen LogP contribution in [-0.4, -0.2) is 17.8 Å². The van der Waals surface area contributed by atoms with Gasteiger partial charge in [-0.2, -0.15) is 0 Å². The Morgan fingerprint density at radius 2 is 2.38 bits per heavy atom. The number of aliphatic hydroxyl groups is 1. The highest BCUT2D eigenvalue weighted by molar-refractivity contribution is 4.74. The Labute approximate surface area is 50.7 Å². The lowest BCUT2D eigenvalue weighted by atomic mass is 10.1. The van der Waals surface area contributed by atoms with Gasteiger partial charge in [-0.15, -0.1) is 0 Å². The van der Waals surface area contributed by atoms with Crippen LogP contribution >= 0.6 is 0 Å². The Balaban J connectivity index is 2.92. The van der Waals surface area contributed by atoms with E-state index in [1.807, 2.05) is 6.92 Å². The molecule has 0 aliphatic heterocycles. The number of nitrogens with two attached hydrogens (primary N) is 1. The summed E-state index contributed by atoms with van der Waals surface area (Å²) in [4.78, 5) is 0. The lowest BCUT2D eigenvalue weighted by molar-refractivity contribution is 0.194. The molecule has 3 N–H and O–H groups in total. The molecule has 2 heteroatoms. The fourth-order valence-electron chi connectivity index (χ4n) is 0.571. The quantitative estimate of drug-likeness (QED) is 0.555. The van der Waals surface area contributed by atoms with Gasteiger partial charge in [-0.3, -0.25) is 0 Å². The molecule has 0 heterocycles. The van der Waals surface area contributed by atoms with Crippen LogP contribution in [0.2, 0.25) is 0 Å². The van der Waals surface area contributed by atoms with Gasteiger partial charge in [0.15, 0.2) is 0 Å². The van der Waals surface area contributed by atoms with E-state index in [0.29, 0.717) is 6.54 Å². The van der Waals surface area contributed by atoms with Gasteiger partial charge in [-0.25, -0.2) is 0 Å². The molecule has 0 fully saturated rings. The Hall–Kier alpha value is -0.0800. The molecule has 0 saturated heterocycles. The average molecular weight is 116 g/mol. The van der Waals surface area contributed by atoms with Crippen molar-refractivity contribution < 1.29 is 5.11 Å². The summed E-state index contributed by atoms with van der Waals surface area (Å²) in [5.41, 5.74) is 5.14. The van der Waals surface area contributed by atoms with Crippen molar-refractivity contribution in [1.29, 1.82) is 0 Å². The second kappa shape index (κ2) is 5.06. The minimum absolute atomic E-state index is 0.287. The Bertz CT molecular complexity index is 41.8. The highest BCUT2D eigenvalue weighted by atomic mass is 16.3. The van der Waals surface area contributed by atoms with Gasteiger partial charge in [0.05, 0.1) is 6.10 Å². The van der Waals surface area contributed by atoms with Crippen molar-refractivity contribution in [2.45, 2.75) is 25.9 Å². The molecule has 0 spiro atoms. The molecule has 1 unspecified atom stereocenters. The van der Waals surface area contributed by atoms with Gasteiger partial charge in [0.25, 0.3) is 0 Å². The fourth-order valence-corrected chi connectivity index (χ4v) is 0.571. The first kappa shape index (κ1) is 7.92. The fraction of sp³-hybridized carbons (Fsp3) is 0.833. The van der Waals surface area contributed by atoms with Crippen LogP contribution in [0.25, 0.3) is 0 Å². The van der Waals surface area contributed by atoms with Crippen LogP contribution in [0.15, 0.2) is 0 Å². The van der Waals surface area contributed by atoms with Gasteiger partial charge >= 0.3 is 0 Å². The summed E-state index contributed by atoms with van der Waals surface area (Å²) in [7, 11) is 0. The van der Waals surface area contributed by atoms with Crippen molar-refractivity contribution >= 4 is 0 Å². The van der Waals surface area contributed by atoms with E-state index in [4.69, 9.17) is 10.8 Å². The van der Waals surface area contributed by atoms with E-state index in [-0.39, 0.29) is 6.10 Å². The second-order valence-corrected chi connectivity index (χ2v) is 1.83. The molecule has 49 valence electrons. The predicted octanol–water partition coefficient (Wildman–Crippen LogP) is 0.310. The summed E-state index contributed by atoms with van der Waals surface area (Å²) in [6.45, 7) is 2.51.